The van der Waals surface area contributed by atoms with Crippen molar-refractivity contribution in [2.45, 2.75) is 52.0 Å². The molecule has 3 aromatic rings. The Bertz CT molecular complexity index is 1150. The average Bonchev–Trinajstić information content (AvgIpc) is 3.17. The van der Waals surface area contributed by atoms with Gasteiger partial charge in [-0.1, -0.05) is 55.1 Å². The van der Waals surface area contributed by atoms with Gasteiger partial charge >= 0.3 is 5.97 Å². The number of nitrogens with zero attached hydrogens (tertiary/aromatic N) is 2. The number of carbonyl (C=O) groups excluding carboxylic acids is 2. The lowest BCUT2D eigenvalue weighted by atomic mass is 9.95. The molecule has 1 heterocycles. The van der Waals surface area contributed by atoms with Crippen molar-refractivity contribution in [3.05, 3.63) is 70.4 Å². The number of carbonyl (C=O) groups is 2. The lowest BCUT2D eigenvalue weighted by Crippen LogP contribution is -2.36. The molecule has 0 saturated heterocycles. The molecule has 1 fully saturated rings. The van der Waals surface area contributed by atoms with Gasteiger partial charge in [-0.2, -0.15) is 5.10 Å². The monoisotopic (exact) mass is 465 g/mol. The number of benzene rings is 2. The Balaban J connectivity index is 1.82. The van der Waals surface area contributed by atoms with Gasteiger partial charge in [-0.15, -0.1) is 0 Å². The second-order valence-corrected chi connectivity index (χ2v) is 8.72. The van der Waals surface area contributed by atoms with Crippen LogP contribution in [-0.4, -0.2) is 34.3 Å². The van der Waals surface area contributed by atoms with Crippen molar-refractivity contribution in [2.24, 2.45) is 0 Å². The van der Waals surface area contributed by atoms with E-state index in [2.05, 4.69) is 5.32 Å². The molecule has 0 radical (unpaired) electrons. The van der Waals surface area contributed by atoms with E-state index in [1.165, 1.54) is 6.42 Å². The van der Waals surface area contributed by atoms with Crippen LogP contribution in [0.15, 0.2) is 48.5 Å². The Morgan fingerprint density at radius 3 is 2.48 bits per heavy atom. The Kier molecular flexibility index (Phi) is 7.14. The van der Waals surface area contributed by atoms with E-state index < -0.39 is 5.97 Å². The summed E-state index contributed by atoms with van der Waals surface area (Å²) in [5, 5.41) is 8.49. The fraction of sp³-hybridized carbons (Fsp3) is 0.346. The molecular weight excluding hydrogens is 438 g/mol. The van der Waals surface area contributed by atoms with Crippen LogP contribution in [0.4, 0.5) is 0 Å². The van der Waals surface area contributed by atoms with Crippen LogP contribution in [0.2, 0.25) is 5.02 Å². The van der Waals surface area contributed by atoms with Crippen molar-refractivity contribution in [1.29, 1.82) is 0 Å². The molecule has 0 atom stereocenters. The largest absolute Gasteiger partial charge is 0.462 e. The molecule has 0 spiro atoms. The maximum absolute atomic E-state index is 13.2. The predicted octanol–water partition coefficient (Wildman–Crippen LogP) is 5.74. The molecule has 6 nitrogen and oxygen atoms in total. The van der Waals surface area contributed by atoms with Gasteiger partial charge in [0.25, 0.3) is 5.91 Å². The zero-order valence-electron chi connectivity index (χ0n) is 18.9. The zero-order chi connectivity index (χ0) is 23.4. The molecule has 1 N–H and O–H groups in total. The highest BCUT2D eigenvalue weighted by Gasteiger charge is 2.26. The molecule has 1 aliphatic rings. The number of hydrogen-bond acceptors (Lipinski definition) is 4. The smallest absolute Gasteiger partial charge is 0.340 e. The normalized spacial score (nSPS) is 14.2. The predicted molar refractivity (Wildman–Crippen MR) is 129 cm³/mol. The van der Waals surface area contributed by atoms with Crippen molar-refractivity contribution >= 4 is 23.5 Å². The van der Waals surface area contributed by atoms with Crippen molar-refractivity contribution in [3.63, 3.8) is 0 Å². The molecule has 2 aromatic carbocycles. The summed E-state index contributed by atoms with van der Waals surface area (Å²) in [6.45, 7) is 3.92. The summed E-state index contributed by atoms with van der Waals surface area (Å²) in [4.78, 5) is 25.9. The number of hydrogen-bond donors (Lipinski definition) is 1. The molecule has 1 aromatic heterocycles. The average molecular weight is 466 g/mol. The van der Waals surface area contributed by atoms with Crippen LogP contribution in [0.1, 0.15) is 65.4 Å². The lowest BCUT2D eigenvalue weighted by molar-refractivity contribution is 0.0526. The van der Waals surface area contributed by atoms with Gasteiger partial charge in [0.15, 0.2) is 5.69 Å². The summed E-state index contributed by atoms with van der Waals surface area (Å²) in [5.74, 6) is -0.626. The van der Waals surface area contributed by atoms with Gasteiger partial charge in [0.05, 0.1) is 23.6 Å². The topological polar surface area (TPSA) is 73.2 Å². The van der Waals surface area contributed by atoms with E-state index in [0.29, 0.717) is 22.0 Å². The van der Waals surface area contributed by atoms with Crippen LogP contribution in [-0.2, 0) is 4.74 Å². The van der Waals surface area contributed by atoms with E-state index in [1.54, 1.807) is 41.9 Å². The first-order valence-electron chi connectivity index (χ1n) is 11.4. The van der Waals surface area contributed by atoms with Crippen LogP contribution in [0.25, 0.3) is 16.9 Å². The van der Waals surface area contributed by atoms with Crippen LogP contribution >= 0.6 is 11.6 Å². The number of nitrogens with one attached hydrogen (secondary N) is 1. The molecule has 33 heavy (non-hydrogen) atoms. The fourth-order valence-corrected chi connectivity index (χ4v) is 4.50. The van der Waals surface area contributed by atoms with Gasteiger partial charge in [0.1, 0.15) is 0 Å². The highest BCUT2D eigenvalue weighted by atomic mass is 35.5. The summed E-state index contributed by atoms with van der Waals surface area (Å²) in [6, 6.07) is 14.7. The first-order chi connectivity index (χ1) is 16.0. The second-order valence-electron chi connectivity index (χ2n) is 8.29. The van der Waals surface area contributed by atoms with Crippen LogP contribution in [0, 0.1) is 6.92 Å². The summed E-state index contributed by atoms with van der Waals surface area (Å²) in [7, 11) is 0. The minimum absolute atomic E-state index is 0.168. The minimum Gasteiger partial charge on any atom is -0.462 e. The van der Waals surface area contributed by atoms with E-state index in [0.717, 1.165) is 42.5 Å². The van der Waals surface area contributed by atoms with E-state index >= 15 is 0 Å². The number of ether oxygens (including phenoxy) is 1. The summed E-state index contributed by atoms with van der Waals surface area (Å²) >= 11 is 6.11. The molecule has 4 rings (SSSR count). The van der Waals surface area contributed by atoms with Gasteiger partial charge in [-0.25, -0.2) is 9.48 Å². The number of para-hydroxylation sites is 1. The van der Waals surface area contributed by atoms with Crippen LogP contribution < -0.4 is 5.32 Å². The number of aromatic nitrogens is 2. The van der Waals surface area contributed by atoms with Crippen molar-refractivity contribution in [3.8, 4) is 16.9 Å². The molecule has 0 bridgehead atoms. The maximum Gasteiger partial charge on any atom is 0.340 e. The second kappa shape index (κ2) is 10.2. The Morgan fingerprint density at radius 1 is 1.09 bits per heavy atom. The zero-order valence-corrected chi connectivity index (χ0v) is 19.7. The van der Waals surface area contributed by atoms with E-state index in [1.807, 2.05) is 25.1 Å². The van der Waals surface area contributed by atoms with Crippen molar-refractivity contribution < 1.29 is 14.3 Å². The summed E-state index contributed by atoms with van der Waals surface area (Å²) in [5.41, 5.74) is 3.61. The molecule has 1 saturated carbocycles. The number of rotatable bonds is 6. The Labute approximate surface area is 198 Å². The van der Waals surface area contributed by atoms with Crippen LogP contribution in [0.3, 0.4) is 0 Å². The SMILES string of the molecule is CCOC(=O)c1ccccc1-n1nc(C(=O)NC2CCCCC2)c(C)c1-c1ccc(Cl)cc1. The molecule has 1 amide bonds. The van der Waals surface area contributed by atoms with Gasteiger partial charge in [0, 0.05) is 22.2 Å². The molecule has 172 valence electrons. The first-order valence-corrected chi connectivity index (χ1v) is 11.8. The Morgan fingerprint density at radius 2 is 1.79 bits per heavy atom. The number of halogens is 1. The highest BCUT2D eigenvalue weighted by Crippen LogP contribution is 2.31. The Hall–Kier alpha value is -3.12. The van der Waals surface area contributed by atoms with E-state index in [4.69, 9.17) is 21.4 Å². The lowest BCUT2D eigenvalue weighted by Gasteiger charge is -2.22. The van der Waals surface area contributed by atoms with Gasteiger partial charge < -0.3 is 10.1 Å². The van der Waals surface area contributed by atoms with Gasteiger partial charge in [-0.3, -0.25) is 4.79 Å². The van der Waals surface area contributed by atoms with Gasteiger partial charge in [-0.05, 0) is 51.0 Å². The quantitative estimate of drug-likeness (QED) is 0.471. The third-order valence-corrected chi connectivity index (χ3v) is 6.27. The number of esters is 1. The third-order valence-electron chi connectivity index (χ3n) is 6.02. The van der Waals surface area contributed by atoms with Crippen LogP contribution in [0.5, 0.6) is 0 Å². The standard InChI is InChI=1S/C26H28ClN3O3/c1-3-33-26(32)21-11-7-8-12-22(21)30-24(18-13-15-19(27)16-14-18)17(2)23(29-30)25(31)28-20-9-5-4-6-10-20/h7-8,11-16,20H,3-6,9-10H2,1-2H3,(H,28,31). The molecule has 0 aliphatic heterocycles. The van der Waals surface area contributed by atoms with E-state index in [-0.39, 0.29) is 18.6 Å². The van der Waals surface area contributed by atoms with Gasteiger partial charge in [0.2, 0.25) is 0 Å². The minimum atomic E-state index is -0.434. The highest BCUT2D eigenvalue weighted by molar-refractivity contribution is 6.30. The fourth-order valence-electron chi connectivity index (χ4n) is 4.37. The van der Waals surface area contributed by atoms with Crippen molar-refractivity contribution in [2.75, 3.05) is 6.61 Å². The summed E-state index contributed by atoms with van der Waals surface area (Å²) in [6.07, 6.45) is 5.44. The maximum atomic E-state index is 13.2. The molecule has 0 unspecified atom stereocenters. The molecule has 1 aliphatic carbocycles. The number of amides is 1. The molecule has 7 heteroatoms. The van der Waals surface area contributed by atoms with E-state index in [9.17, 15) is 9.59 Å². The summed E-state index contributed by atoms with van der Waals surface area (Å²) < 4.78 is 6.93. The molecular formula is C26H28ClN3O3. The van der Waals surface area contributed by atoms with Crippen molar-refractivity contribution in [1.82, 2.24) is 15.1 Å². The first kappa shape index (κ1) is 23.1. The third kappa shape index (κ3) is 4.96.